The molecule has 114 valence electrons. The molecule has 5 heteroatoms. The number of hydrogen-bond acceptors (Lipinski definition) is 3. The lowest BCUT2D eigenvalue weighted by molar-refractivity contribution is 0.0980. The molecule has 0 radical (unpaired) electrons. The third kappa shape index (κ3) is 2.21. The highest BCUT2D eigenvalue weighted by Gasteiger charge is 2.24. The predicted molar refractivity (Wildman–Crippen MR) is 87.9 cm³/mol. The van der Waals surface area contributed by atoms with Crippen molar-refractivity contribution in [3.05, 3.63) is 59.4 Å². The van der Waals surface area contributed by atoms with E-state index in [1.54, 1.807) is 23.2 Å². The van der Waals surface area contributed by atoms with E-state index in [0.29, 0.717) is 28.8 Å². The molecule has 1 aliphatic rings. The Balaban J connectivity index is 1.77. The van der Waals surface area contributed by atoms with Crippen molar-refractivity contribution in [1.29, 1.82) is 0 Å². The topological polar surface area (TPSA) is 66.1 Å². The van der Waals surface area contributed by atoms with Crippen molar-refractivity contribution in [3.63, 3.8) is 0 Å². The first-order valence-electron chi connectivity index (χ1n) is 7.60. The minimum absolute atomic E-state index is 0.0907. The fourth-order valence-corrected chi connectivity index (χ4v) is 3.15. The summed E-state index contributed by atoms with van der Waals surface area (Å²) in [6.45, 7) is 0.694. The second-order valence-corrected chi connectivity index (χ2v) is 5.65. The van der Waals surface area contributed by atoms with E-state index in [0.717, 1.165) is 24.8 Å². The lowest BCUT2D eigenvalue weighted by Gasteiger charge is -2.29. The number of fused-ring (bicyclic) bond motifs is 2. The molecular formula is C18H15N3O2. The zero-order valence-electron chi connectivity index (χ0n) is 12.5. The number of para-hydroxylation sites is 1. The Bertz CT molecular complexity index is 914. The molecule has 1 amide bonds. The molecule has 4 rings (SSSR count). The Hall–Kier alpha value is -2.95. The van der Waals surface area contributed by atoms with Gasteiger partial charge in [0, 0.05) is 24.0 Å². The van der Waals surface area contributed by atoms with E-state index < -0.39 is 0 Å². The number of pyridine rings is 1. The van der Waals surface area contributed by atoms with E-state index >= 15 is 0 Å². The van der Waals surface area contributed by atoms with Gasteiger partial charge in [-0.3, -0.25) is 14.6 Å². The summed E-state index contributed by atoms with van der Waals surface area (Å²) < 4.78 is 0. The van der Waals surface area contributed by atoms with Gasteiger partial charge in [0.05, 0.1) is 11.0 Å². The largest absolute Gasteiger partial charge is 0.349 e. The van der Waals surface area contributed by atoms with E-state index in [1.165, 1.54) is 5.56 Å². The molecule has 0 atom stereocenters. The highest BCUT2D eigenvalue weighted by Crippen LogP contribution is 2.28. The number of aromatic amines is 1. The molecule has 3 heterocycles. The van der Waals surface area contributed by atoms with Crippen LogP contribution in [0.5, 0.6) is 0 Å². The Labute approximate surface area is 133 Å². The molecule has 1 aliphatic heterocycles. The first kappa shape index (κ1) is 13.7. The molecule has 2 aromatic heterocycles. The number of anilines is 1. The Morgan fingerprint density at radius 1 is 1.26 bits per heavy atom. The van der Waals surface area contributed by atoms with Crippen LogP contribution in [-0.4, -0.2) is 28.7 Å². The maximum atomic E-state index is 12.9. The van der Waals surface area contributed by atoms with Crippen molar-refractivity contribution in [1.82, 2.24) is 9.97 Å². The lowest BCUT2D eigenvalue weighted by Crippen LogP contribution is -2.35. The van der Waals surface area contributed by atoms with Gasteiger partial charge in [-0.2, -0.15) is 0 Å². The van der Waals surface area contributed by atoms with Crippen LogP contribution in [0.25, 0.3) is 11.0 Å². The van der Waals surface area contributed by atoms with Crippen LogP contribution in [0.1, 0.15) is 32.8 Å². The SMILES string of the molecule is O=Cc1ccnc2cc(C(=O)N3CCCc4ccccc43)[nH]c12. The number of nitrogens with zero attached hydrogens (tertiary/aromatic N) is 2. The van der Waals surface area contributed by atoms with E-state index in [9.17, 15) is 9.59 Å². The smallest absolute Gasteiger partial charge is 0.274 e. The average molecular weight is 305 g/mol. The highest BCUT2D eigenvalue weighted by atomic mass is 16.2. The van der Waals surface area contributed by atoms with Crippen LogP contribution in [0.15, 0.2) is 42.6 Å². The maximum Gasteiger partial charge on any atom is 0.274 e. The number of aryl methyl sites for hydroxylation is 1. The standard InChI is InChI=1S/C18H15N3O2/c22-11-13-7-8-19-14-10-15(20-17(13)14)18(23)21-9-3-5-12-4-1-2-6-16(12)21/h1-2,4,6-8,10-11,20H,3,5,9H2. The molecular weight excluding hydrogens is 290 g/mol. The van der Waals surface area contributed by atoms with Crippen LogP contribution >= 0.6 is 0 Å². The second kappa shape index (κ2) is 5.35. The summed E-state index contributed by atoms with van der Waals surface area (Å²) in [6.07, 6.45) is 4.28. The van der Waals surface area contributed by atoms with Gasteiger partial charge in [0.15, 0.2) is 6.29 Å². The van der Waals surface area contributed by atoms with Gasteiger partial charge in [0.2, 0.25) is 0 Å². The quantitative estimate of drug-likeness (QED) is 0.740. The molecule has 23 heavy (non-hydrogen) atoms. The van der Waals surface area contributed by atoms with Gasteiger partial charge in [0.25, 0.3) is 5.91 Å². The molecule has 0 saturated carbocycles. The van der Waals surface area contributed by atoms with Gasteiger partial charge in [-0.1, -0.05) is 18.2 Å². The summed E-state index contributed by atoms with van der Waals surface area (Å²) in [6, 6.07) is 11.3. The number of carbonyl (C=O) groups is 2. The lowest BCUT2D eigenvalue weighted by atomic mass is 10.0. The number of nitrogens with one attached hydrogen (secondary N) is 1. The zero-order chi connectivity index (χ0) is 15.8. The summed E-state index contributed by atoms with van der Waals surface area (Å²) in [7, 11) is 0. The summed E-state index contributed by atoms with van der Waals surface area (Å²) in [5, 5.41) is 0. The predicted octanol–water partition coefficient (Wildman–Crippen LogP) is 2.97. The Morgan fingerprint density at radius 3 is 3.00 bits per heavy atom. The first-order chi connectivity index (χ1) is 11.3. The molecule has 3 aromatic rings. The Kier molecular flexibility index (Phi) is 3.19. The molecule has 1 N–H and O–H groups in total. The molecule has 0 bridgehead atoms. The number of hydrogen-bond donors (Lipinski definition) is 1. The molecule has 1 aromatic carbocycles. The summed E-state index contributed by atoms with van der Waals surface area (Å²) in [4.78, 5) is 33.1. The van der Waals surface area contributed by atoms with E-state index in [1.807, 2.05) is 18.2 Å². The van der Waals surface area contributed by atoms with Gasteiger partial charge in [-0.15, -0.1) is 0 Å². The Morgan fingerprint density at radius 2 is 2.13 bits per heavy atom. The fraction of sp³-hybridized carbons (Fsp3) is 0.167. The number of H-pyrrole nitrogens is 1. The highest BCUT2D eigenvalue weighted by molar-refractivity contribution is 6.08. The third-order valence-corrected chi connectivity index (χ3v) is 4.27. The fourth-order valence-electron chi connectivity index (χ4n) is 3.15. The molecule has 5 nitrogen and oxygen atoms in total. The number of rotatable bonds is 2. The summed E-state index contributed by atoms with van der Waals surface area (Å²) >= 11 is 0. The van der Waals surface area contributed by atoms with Crippen molar-refractivity contribution in [3.8, 4) is 0 Å². The van der Waals surface area contributed by atoms with E-state index in [2.05, 4.69) is 16.0 Å². The van der Waals surface area contributed by atoms with Crippen LogP contribution in [-0.2, 0) is 6.42 Å². The molecule has 0 fully saturated rings. The van der Waals surface area contributed by atoms with Gasteiger partial charge in [-0.05, 0) is 36.6 Å². The minimum Gasteiger partial charge on any atom is -0.349 e. The number of aromatic nitrogens is 2. The van der Waals surface area contributed by atoms with E-state index in [4.69, 9.17) is 0 Å². The van der Waals surface area contributed by atoms with Crippen LogP contribution in [0.3, 0.4) is 0 Å². The van der Waals surface area contributed by atoms with Crippen molar-refractivity contribution in [2.45, 2.75) is 12.8 Å². The van der Waals surface area contributed by atoms with Crippen molar-refractivity contribution in [2.75, 3.05) is 11.4 Å². The third-order valence-electron chi connectivity index (χ3n) is 4.27. The average Bonchev–Trinajstić information content (AvgIpc) is 3.04. The normalized spacial score (nSPS) is 13.8. The summed E-state index contributed by atoms with van der Waals surface area (Å²) in [5.41, 5.74) is 4.35. The van der Waals surface area contributed by atoms with E-state index in [-0.39, 0.29) is 5.91 Å². The van der Waals surface area contributed by atoms with Crippen molar-refractivity contribution >= 4 is 28.9 Å². The summed E-state index contributed by atoms with van der Waals surface area (Å²) in [5.74, 6) is -0.0907. The monoisotopic (exact) mass is 305 g/mol. The maximum absolute atomic E-state index is 12.9. The van der Waals surface area contributed by atoms with Crippen LogP contribution in [0, 0.1) is 0 Å². The van der Waals surface area contributed by atoms with Crippen molar-refractivity contribution < 1.29 is 9.59 Å². The molecule has 0 aliphatic carbocycles. The van der Waals surface area contributed by atoms with Crippen LogP contribution in [0.2, 0.25) is 0 Å². The van der Waals surface area contributed by atoms with Crippen LogP contribution < -0.4 is 4.90 Å². The molecule has 0 unspecified atom stereocenters. The van der Waals surface area contributed by atoms with Gasteiger partial charge < -0.3 is 9.88 Å². The van der Waals surface area contributed by atoms with Gasteiger partial charge >= 0.3 is 0 Å². The van der Waals surface area contributed by atoms with Gasteiger partial charge in [0.1, 0.15) is 5.69 Å². The zero-order valence-corrected chi connectivity index (χ0v) is 12.5. The van der Waals surface area contributed by atoms with Crippen molar-refractivity contribution in [2.24, 2.45) is 0 Å². The second-order valence-electron chi connectivity index (χ2n) is 5.65. The number of amides is 1. The molecule has 0 saturated heterocycles. The minimum atomic E-state index is -0.0907. The van der Waals surface area contributed by atoms with Gasteiger partial charge in [-0.25, -0.2) is 0 Å². The number of benzene rings is 1. The molecule has 0 spiro atoms. The first-order valence-corrected chi connectivity index (χ1v) is 7.60. The number of aldehydes is 1. The van der Waals surface area contributed by atoms with Crippen LogP contribution in [0.4, 0.5) is 5.69 Å². The number of carbonyl (C=O) groups excluding carboxylic acids is 2.